The van der Waals surface area contributed by atoms with Gasteiger partial charge in [-0.1, -0.05) is 46.0 Å². The summed E-state index contributed by atoms with van der Waals surface area (Å²) in [5.74, 6) is 1.54. The smallest absolute Gasteiger partial charge is 0.0667 e. The number of hydrogen-bond donors (Lipinski definition) is 2. The van der Waals surface area contributed by atoms with E-state index in [2.05, 4.69) is 19.2 Å². The SMILES string of the molecule is CC(C)CC(O)CNCCC1CCCCC1. The first-order valence-corrected chi connectivity index (χ1v) is 7.07. The molecule has 1 fully saturated rings. The minimum Gasteiger partial charge on any atom is -0.392 e. The zero-order valence-electron chi connectivity index (χ0n) is 11.0. The van der Waals surface area contributed by atoms with E-state index in [-0.39, 0.29) is 6.10 Å². The van der Waals surface area contributed by atoms with Crippen LogP contribution in [0.5, 0.6) is 0 Å². The first-order chi connectivity index (χ1) is 7.68. The third-order valence-electron chi connectivity index (χ3n) is 3.58. The van der Waals surface area contributed by atoms with Gasteiger partial charge in [0.15, 0.2) is 0 Å². The van der Waals surface area contributed by atoms with Crippen LogP contribution in [0.15, 0.2) is 0 Å². The van der Waals surface area contributed by atoms with E-state index in [0.717, 1.165) is 25.4 Å². The van der Waals surface area contributed by atoms with E-state index in [1.807, 2.05) is 0 Å². The molecular formula is C14H29NO. The van der Waals surface area contributed by atoms with Crippen LogP contribution in [0.2, 0.25) is 0 Å². The molecule has 16 heavy (non-hydrogen) atoms. The summed E-state index contributed by atoms with van der Waals surface area (Å²) in [6.45, 7) is 6.17. The standard InChI is InChI=1S/C14H29NO/c1-12(2)10-14(16)11-15-9-8-13-6-4-3-5-7-13/h12-16H,3-11H2,1-2H3. The largest absolute Gasteiger partial charge is 0.392 e. The minimum absolute atomic E-state index is 0.161. The maximum absolute atomic E-state index is 9.69. The first-order valence-electron chi connectivity index (χ1n) is 7.07. The van der Waals surface area contributed by atoms with Gasteiger partial charge in [0, 0.05) is 6.54 Å². The van der Waals surface area contributed by atoms with Gasteiger partial charge in [-0.25, -0.2) is 0 Å². The molecule has 96 valence electrons. The predicted octanol–water partition coefficient (Wildman–Crippen LogP) is 2.95. The van der Waals surface area contributed by atoms with E-state index < -0.39 is 0 Å². The molecule has 0 bridgehead atoms. The summed E-state index contributed by atoms with van der Waals surface area (Å²) in [6.07, 6.45) is 9.21. The van der Waals surface area contributed by atoms with Gasteiger partial charge in [-0.2, -0.15) is 0 Å². The van der Waals surface area contributed by atoms with Crippen LogP contribution in [0.1, 0.15) is 58.8 Å². The summed E-state index contributed by atoms with van der Waals surface area (Å²) in [5.41, 5.74) is 0. The van der Waals surface area contributed by atoms with Gasteiger partial charge in [0.1, 0.15) is 0 Å². The van der Waals surface area contributed by atoms with Gasteiger partial charge in [-0.05, 0) is 31.2 Å². The van der Waals surface area contributed by atoms with Crippen molar-refractivity contribution in [3.05, 3.63) is 0 Å². The minimum atomic E-state index is -0.161. The molecule has 1 rings (SSSR count). The average Bonchev–Trinajstić information content (AvgIpc) is 2.25. The molecule has 1 unspecified atom stereocenters. The van der Waals surface area contributed by atoms with Gasteiger partial charge in [0.2, 0.25) is 0 Å². The van der Waals surface area contributed by atoms with E-state index in [4.69, 9.17) is 0 Å². The molecule has 0 aromatic rings. The van der Waals surface area contributed by atoms with Crippen molar-refractivity contribution in [1.82, 2.24) is 5.32 Å². The van der Waals surface area contributed by atoms with Crippen molar-refractivity contribution in [2.24, 2.45) is 11.8 Å². The Kier molecular flexibility index (Phi) is 7.06. The Balaban J connectivity index is 1.94. The summed E-state index contributed by atoms with van der Waals surface area (Å²) in [5, 5.41) is 13.1. The summed E-state index contributed by atoms with van der Waals surface area (Å²) in [7, 11) is 0. The van der Waals surface area contributed by atoms with Crippen molar-refractivity contribution >= 4 is 0 Å². The normalized spacial score (nSPS) is 20.2. The molecule has 2 N–H and O–H groups in total. The van der Waals surface area contributed by atoms with Gasteiger partial charge < -0.3 is 10.4 Å². The molecule has 0 aromatic carbocycles. The third kappa shape index (κ3) is 6.49. The second kappa shape index (κ2) is 8.08. The molecular weight excluding hydrogens is 198 g/mol. The van der Waals surface area contributed by atoms with Crippen LogP contribution in [0.3, 0.4) is 0 Å². The molecule has 0 aromatic heterocycles. The molecule has 0 heterocycles. The molecule has 2 heteroatoms. The average molecular weight is 227 g/mol. The summed E-state index contributed by atoms with van der Waals surface area (Å²) in [6, 6.07) is 0. The predicted molar refractivity (Wildman–Crippen MR) is 69.5 cm³/mol. The van der Waals surface area contributed by atoms with Crippen LogP contribution in [-0.4, -0.2) is 24.3 Å². The van der Waals surface area contributed by atoms with Crippen LogP contribution in [-0.2, 0) is 0 Å². The Labute approximate surface area is 101 Å². The lowest BCUT2D eigenvalue weighted by atomic mass is 9.87. The first kappa shape index (κ1) is 14.0. The molecule has 0 saturated heterocycles. The van der Waals surface area contributed by atoms with Crippen molar-refractivity contribution in [3.8, 4) is 0 Å². The zero-order chi connectivity index (χ0) is 11.8. The molecule has 1 saturated carbocycles. The maximum Gasteiger partial charge on any atom is 0.0667 e. The van der Waals surface area contributed by atoms with Crippen molar-refractivity contribution < 1.29 is 5.11 Å². The second-order valence-corrected chi connectivity index (χ2v) is 5.78. The fourth-order valence-electron chi connectivity index (χ4n) is 2.68. The topological polar surface area (TPSA) is 32.3 Å². The Morgan fingerprint density at radius 1 is 1.19 bits per heavy atom. The van der Waals surface area contributed by atoms with Crippen molar-refractivity contribution in [3.63, 3.8) is 0 Å². The number of hydrogen-bond acceptors (Lipinski definition) is 2. The molecule has 0 amide bonds. The zero-order valence-corrected chi connectivity index (χ0v) is 11.0. The van der Waals surface area contributed by atoms with Gasteiger partial charge in [0.05, 0.1) is 6.10 Å². The fourth-order valence-corrected chi connectivity index (χ4v) is 2.68. The van der Waals surface area contributed by atoms with Gasteiger partial charge in [-0.15, -0.1) is 0 Å². The van der Waals surface area contributed by atoms with Crippen LogP contribution in [0.4, 0.5) is 0 Å². The maximum atomic E-state index is 9.69. The second-order valence-electron chi connectivity index (χ2n) is 5.78. The molecule has 2 nitrogen and oxygen atoms in total. The molecule has 0 radical (unpaired) electrons. The quantitative estimate of drug-likeness (QED) is 0.655. The van der Waals surface area contributed by atoms with Gasteiger partial charge in [-0.3, -0.25) is 0 Å². The van der Waals surface area contributed by atoms with Crippen LogP contribution >= 0.6 is 0 Å². The lowest BCUT2D eigenvalue weighted by Gasteiger charge is -2.22. The Bertz CT molecular complexity index is 164. The van der Waals surface area contributed by atoms with Crippen LogP contribution < -0.4 is 5.32 Å². The van der Waals surface area contributed by atoms with Crippen molar-refractivity contribution in [2.45, 2.75) is 64.9 Å². The Morgan fingerprint density at radius 2 is 1.88 bits per heavy atom. The van der Waals surface area contributed by atoms with Crippen LogP contribution in [0, 0.1) is 11.8 Å². The summed E-state index contributed by atoms with van der Waals surface area (Å²) in [4.78, 5) is 0. The Hall–Kier alpha value is -0.0800. The van der Waals surface area contributed by atoms with Gasteiger partial charge in [0.25, 0.3) is 0 Å². The van der Waals surface area contributed by atoms with E-state index in [0.29, 0.717) is 5.92 Å². The van der Waals surface area contributed by atoms with Crippen LogP contribution in [0.25, 0.3) is 0 Å². The molecule has 1 aliphatic carbocycles. The molecule has 1 aliphatic rings. The summed E-state index contributed by atoms with van der Waals surface area (Å²) >= 11 is 0. The highest BCUT2D eigenvalue weighted by atomic mass is 16.3. The van der Waals surface area contributed by atoms with Crippen molar-refractivity contribution in [1.29, 1.82) is 0 Å². The molecule has 1 atom stereocenters. The lowest BCUT2D eigenvalue weighted by molar-refractivity contribution is 0.145. The number of nitrogens with one attached hydrogen (secondary N) is 1. The van der Waals surface area contributed by atoms with E-state index >= 15 is 0 Å². The van der Waals surface area contributed by atoms with Gasteiger partial charge >= 0.3 is 0 Å². The Morgan fingerprint density at radius 3 is 2.50 bits per heavy atom. The highest BCUT2D eigenvalue weighted by Crippen LogP contribution is 2.25. The fraction of sp³-hybridized carbons (Fsp3) is 1.00. The highest BCUT2D eigenvalue weighted by molar-refractivity contribution is 4.68. The number of aliphatic hydroxyl groups excluding tert-OH is 1. The number of rotatable bonds is 7. The van der Waals surface area contributed by atoms with E-state index in [9.17, 15) is 5.11 Å². The number of aliphatic hydroxyl groups is 1. The lowest BCUT2D eigenvalue weighted by Crippen LogP contribution is -2.29. The molecule has 0 spiro atoms. The van der Waals surface area contributed by atoms with Crippen molar-refractivity contribution in [2.75, 3.05) is 13.1 Å². The summed E-state index contributed by atoms with van der Waals surface area (Å²) < 4.78 is 0. The third-order valence-corrected chi connectivity index (χ3v) is 3.58. The molecule has 0 aliphatic heterocycles. The monoisotopic (exact) mass is 227 g/mol. The van der Waals surface area contributed by atoms with E-state index in [1.165, 1.54) is 38.5 Å². The highest BCUT2D eigenvalue weighted by Gasteiger charge is 2.13. The van der Waals surface area contributed by atoms with E-state index in [1.54, 1.807) is 0 Å².